The fraction of sp³-hybridized carbons (Fsp3) is 0.368. The van der Waals surface area contributed by atoms with Gasteiger partial charge in [-0.25, -0.2) is 14.0 Å². The molecule has 0 aromatic heterocycles. The van der Waals surface area contributed by atoms with E-state index in [1.165, 1.54) is 0 Å². The third kappa shape index (κ3) is 11.4. The third-order valence-electron chi connectivity index (χ3n) is 7.49. The molecule has 2 N–H and O–H groups in total. The van der Waals surface area contributed by atoms with Crippen LogP contribution in [0, 0.1) is 5.82 Å². The van der Waals surface area contributed by atoms with Gasteiger partial charge >= 0.3 is 11.9 Å². The number of hydrogen-bond acceptors (Lipinski definition) is 8. The molecule has 0 aliphatic rings. The van der Waals surface area contributed by atoms with E-state index in [4.69, 9.17) is 29.2 Å². The van der Waals surface area contributed by atoms with Crippen molar-refractivity contribution in [1.82, 2.24) is 0 Å². The highest BCUT2D eigenvalue weighted by molar-refractivity contribution is 5.88. The summed E-state index contributed by atoms with van der Waals surface area (Å²) >= 11 is 0. The van der Waals surface area contributed by atoms with Gasteiger partial charge in [0.1, 0.15) is 43.7 Å². The quantitative estimate of drug-likeness (QED) is 0.0783. The molecule has 3 rings (SSSR count). The molecule has 0 aliphatic heterocycles. The lowest BCUT2D eigenvalue weighted by Crippen LogP contribution is -2.15. The van der Waals surface area contributed by atoms with Gasteiger partial charge in [0, 0.05) is 6.07 Å². The minimum Gasteiger partial charge on any atom is -0.490 e. The summed E-state index contributed by atoms with van der Waals surface area (Å²) in [5, 5.41) is 18.1. The highest BCUT2D eigenvalue weighted by atomic mass is 19.1. The van der Waals surface area contributed by atoms with Crippen molar-refractivity contribution in [3.63, 3.8) is 0 Å². The molecule has 3 aromatic rings. The zero-order valence-electron chi connectivity index (χ0n) is 27.3. The summed E-state index contributed by atoms with van der Waals surface area (Å²) in [6, 6.07) is 16.8. The lowest BCUT2D eigenvalue weighted by atomic mass is 9.92. The van der Waals surface area contributed by atoms with Crippen molar-refractivity contribution in [2.45, 2.75) is 52.4 Å². The molecule has 9 heteroatoms. The molecular formula is C38H45FO8. The first-order valence-electron chi connectivity index (χ1n) is 15.9. The van der Waals surface area contributed by atoms with Crippen molar-refractivity contribution < 1.29 is 43.1 Å². The van der Waals surface area contributed by atoms with Gasteiger partial charge in [0.05, 0.1) is 24.4 Å². The van der Waals surface area contributed by atoms with E-state index in [1.807, 2.05) is 36.4 Å². The molecule has 0 fully saturated rings. The van der Waals surface area contributed by atoms with Crippen LogP contribution in [0.15, 0.2) is 78.9 Å². The fourth-order valence-electron chi connectivity index (χ4n) is 4.83. The number of esters is 2. The predicted molar refractivity (Wildman–Crippen MR) is 180 cm³/mol. The first kappa shape index (κ1) is 37.0. The molecule has 0 saturated heterocycles. The van der Waals surface area contributed by atoms with Crippen LogP contribution in [0.4, 0.5) is 4.39 Å². The summed E-state index contributed by atoms with van der Waals surface area (Å²) < 4.78 is 36.9. The van der Waals surface area contributed by atoms with Crippen LogP contribution in [0.3, 0.4) is 0 Å². The minimum absolute atomic E-state index is 0.0353. The summed E-state index contributed by atoms with van der Waals surface area (Å²) in [6.45, 7) is 10.0. The van der Waals surface area contributed by atoms with E-state index in [1.54, 1.807) is 12.1 Å². The Kier molecular flexibility index (Phi) is 15.2. The van der Waals surface area contributed by atoms with E-state index >= 15 is 4.39 Å². The molecule has 252 valence electrons. The van der Waals surface area contributed by atoms with Crippen molar-refractivity contribution >= 4 is 11.9 Å². The molecule has 0 spiro atoms. The van der Waals surface area contributed by atoms with Crippen molar-refractivity contribution in [1.29, 1.82) is 0 Å². The lowest BCUT2D eigenvalue weighted by Gasteiger charge is -2.15. The normalized spacial score (nSPS) is 10.7. The van der Waals surface area contributed by atoms with E-state index in [9.17, 15) is 9.59 Å². The van der Waals surface area contributed by atoms with Gasteiger partial charge in [0.15, 0.2) is 0 Å². The van der Waals surface area contributed by atoms with Crippen LogP contribution in [0.25, 0.3) is 22.3 Å². The lowest BCUT2D eigenvalue weighted by molar-refractivity contribution is -0.141. The first-order valence-corrected chi connectivity index (χ1v) is 15.9. The Morgan fingerprint density at radius 3 is 1.81 bits per heavy atom. The number of carbonyl (C=O) groups is 2. The fourth-order valence-corrected chi connectivity index (χ4v) is 4.83. The van der Waals surface area contributed by atoms with E-state index < -0.39 is 25.2 Å². The Morgan fingerprint density at radius 2 is 1.28 bits per heavy atom. The number of aliphatic hydroxyl groups is 2. The average molecular weight is 649 g/mol. The van der Waals surface area contributed by atoms with Crippen LogP contribution in [0.5, 0.6) is 11.5 Å². The van der Waals surface area contributed by atoms with Gasteiger partial charge in [-0.1, -0.05) is 76.6 Å². The van der Waals surface area contributed by atoms with Gasteiger partial charge in [0.25, 0.3) is 0 Å². The molecular weight excluding hydrogens is 603 g/mol. The largest absolute Gasteiger partial charge is 0.490 e. The number of aryl methyl sites for hydroxylation is 2. The molecule has 8 nitrogen and oxygen atoms in total. The number of ether oxygens (including phenoxy) is 4. The second-order valence-electron chi connectivity index (χ2n) is 11.0. The van der Waals surface area contributed by atoms with Crippen molar-refractivity contribution in [2.75, 3.05) is 39.6 Å². The Labute approximate surface area is 276 Å². The second kappa shape index (κ2) is 19.3. The van der Waals surface area contributed by atoms with Crippen LogP contribution in [-0.4, -0.2) is 61.8 Å². The van der Waals surface area contributed by atoms with Crippen LogP contribution >= 0.6 is 0 Å². The Bertz CT molecular complexity index is 1480. The van der Waals surface area contributed by atoms with E-state index in [-0.39, 0.29) is 43.4 Å². The monoisotopic (exact) mass is 648 g/mol. The van der Waals surface area contributed by atoms with E-state index in [2.05, 4.69) is 33.1 Å². The zero-order valence-corrected chi connectivity index (χ0v) is 27.3. The molecule has 0 unspecified atom stereocenters. The van der Waals surface area contributed by atoms with Gasteiger partial charge in [-0.2, -0.15) is 0 Å². The zero-order chi connectivity index (χ0) is 34.2. The first-order chi connectivity index (χ1) is 22.7. The molecule has 0 aliphatic carbocycles. The molecule has 3 aromatic carbocycles. The highest BCUT2D eigenvalue weighted by Crippen LogP contribution is 2.34. The van der Waals surface area contributed by atoms with Crippen LogP contribution in [0.2, 0.25) is 0 Å². The molecule has 0 bridgehead atoms. The van der Waals surface area contributed by atoms with Crippen LogP contribution in [0.1, 0.15) is 50.7 Å². The maximum Gasteiger partial charge on any atom is 0.335 e. The summed E-state index contributed by atoms with van der Waals surface area (Å²) in [6.07, 6.45) is 5.82. The Morgan fingerprint density at radius 1 is 0.681 bits per heavy atom. The number of unbranched alkanes of at least 4 members (excludes halogenated alkanes) is 3. The molecule has 0 amide bonds. The maximum absolute atomic E-state index is 15.1. The number of benzene rings is 3. The Balaban J connectivity index is 1.82. The van der Waals surface area contributed by atoms with E-state index in [0.29, 0.717) is 11.5 Å². The smallest absolute Gasteiger partial charge is 0.335 e. The number of carbonyl (C=O) groups excluding carboxylic acids is 2. The average Bonchev–Trinajstić information content (AvgIpc) is 3.09. The molecule has 47 heavy (non-hydrogen) atoms. The number of hydrogen-bond donors (Lipinski definition) is 2. The van der Waals surface area contributed by atoms with Gasteiger partial charge in [-0.3, -0.25) is 0 Å². The van der Waals surface area contributed by atoms with Crippen LogP contribution < -0.4 is 9.47 Å². The number of rotatable bonds is 20. The molecule has 0 atom stereocenters. The van der Waals surface area contributed by atoms with Gasteiger partial charge in [-0.05, 0) is 70.8 Å². The predicted octanol–water partition coefficient (Wildman–Crippen LogP) is 6.79. The van der Waals surface area contributed by atoms with Gasteiger partial charge in [-0.15, -0.1) is 0 Å². The van der Waals surface area contributed by atoms with Crippen molar-refractivity contribution in [3.8, 4) is 33.8 Å². The SMILES string of the molecule is C=C(CO)C(=O)OCCOc1cc(OCCOC(=O)C(=C)CO)cc(-c2ccc(-c3ccc(CCCCCC)c(F)c3)c(CC)c2)c1. The highest BCUT2D eigenvalue weighted by Gasteiger charge is 2.13. The van der Waals surface area contributed by atoms with E-state index in [0.717, 1.165) is 71.9 Å². The summed E-state index contributed by atoms with van der Waals surface area (Å²) in [5.74, 6) is -0.714. The topological polar surface area (TPSA) is 112 Å². The van der Waals surface area contributed by atoms with Gasteiger partial charge < -0.3 is 29.2 Å². The third-order valence-corrected chi connectivity index (χ3v) is 7.49. The summed E-state index contributed by atoms with van der Waals surface area (Å²) in [4.78, 5) is 23.6. The minimum atomic E-state index is -0.707. The number of aliphatic hydroxyl groups excluding tert-OH is 2. The molecule has 0 saturated carbocycles. The van der Waals surface area contributed by atoms with Crippen LogP contribution in [-0.2, 0) is 31.9 Å². The Hall–Kier alpha value is -4.47. The summed E-state index contributed by atoms with van der Waals surface area (Å²) in [7, 11) is 0. The number of halogens is 1. The van der Waals surface area contributed by atoms with Gasteiger partial charge in [0.2, 0.25) is 0 Å². The second-order valence-corrected chi connectivity index (χ2v) is 11.0. The standard InChI is InChI=1S/C38H45FO8/c1-5-7-8-9-10-29-11-12-31(22-36(29)39)35-14-13-30(19-28(35)6-2)32-20-33(44-15-17-46-37(42)26(3)24-40)23-34(21-32)45-16-18-47-38(43)27(4)25-41/h11-14,19-23,40-41H,3-10,15-18,24-25H2,1-2H3. The summed E-state index contributed by atoms with van der Waals surface area (Å²) in [5.41, 5.74) is 5.11. The van der Waals surface area contributed by atoms with Crippen molar-refractivity contribution in [3.05, 3.63) is 95.8 Å². The molecule has 0 heterocycles. The van der Waals surface area contributed by atoms with Crippen molar-refractivity contribution in [2.24, 2.45) is 0 Å². The molecule has 0 radical (unpaired) electrons. The maximum atomic E-state index is 15.1.